The van der Waals surface area contributed by atoms with Crippen LogP contribution < -0.4 is 0 Å². The lowest BCUT2D eigenvalue weighted by molar-refractivity contribution is 0.411. The smallest absolute Gasteiger partial charge is 0.157 e. The van der Waals surface area contributed by atoms with E-state index in [0.29, 0.717) is 6.10 Å². The van der Waals surface area contributed by atoms with Crippen molar-refractivity contribution in [2.45, 2.75) is 18.6 Å². The molecule has 0 bridgehead atoms. The van der Waals surface area contributed by atoms with E-state index in [9.17, 15) is 0 Å². The Bertz CT molecular complexity index is 40.2. The molecule has 0 spiro atoms. The summed E-state index contributed by atoms with van der Waals surface area (Å²) in [5, 5.41) is 0. The quantitative estimate of drug-likeness (QED) is 0.320. The summed E-state index contributed by atoms with van der Waals surface area (Å²) in [7, 11) is 0. The Morgan fingerprint density at radius 3 is 2.00 bits per heavy atom. The van der Waals surface area contributed by atoms with E-state index in [1.165, 1.54) is 0 Å². The van der Waals surface area contributed by atoms with Crippen LogP contribution in [0.4, 0.5) is 0 Å². The van der Waals surface area contributed by atoms with Crippen molar-refractivity contribution in [1.82, 2.24) is 0 Å². The van der Waals surface area contributed by atoms with E-state index in [1.807, 2.05) is 6.92 Å². The Labute approximate surface area is 35.9 Å². The molecule has 0 unspecified atom stereocenters. The van der Waals surface area contributed by atoms with Gasteiger partial charge in [-0.1, -0.05) is 11.6 Å². The second-order valence-corrected chi connectivity index (χ2v) is 1.62. The lowest BCUT2D eigenvalue weighted by Gasteiger charge is -1.55. The van der Waals surface area contributed by atoms with Crippen molar-refractivity contribution < 1.29 is 4.74 Å². The number of ether oxygens (including phenoxy) is 1. The molecule has 0 saturated carbocycles. The molecule has 0 N–H and O–H groups in total. The first-order chi connectivity index (χ1) is 2.30. The van der Waals surface area contributed by atoms with Crippen LogP contribution >= 0.6 is 11.6 Å². The molecular weight excluding hydrogens is 87.5 g/mol. The fraction of sp³-hybridized carbons (Fsp3) is 1.00. The van der Waals surface area contributed by atoms with Crippen LogP contribution in [-0.2, 0) is 4.74 Å². The van der Waals surface area contributed by atoms with E-state index in [1.54, 1.807) is 0 Å². The number of hydrogen-bond acceptors (Lipinski definition) is 1. The van der Waals surface area contributed by atoms with Gasteiger partial charge < -0.3 is 4.74 Å². The molecule has 1 aliphatic rings. The normalized spacial score (nSPS) is 49.2. The number of hydrogen-bond donors (Lipinski definition) is 0. The van der Waals surface area contributed by atoms with Crippen LogP contribution in [0.1, 0.15) is 6.92 Å². The van der Waals surface area contributed by atoms with Crippen LogP contribution in [0, 0.1) is 0 Å². The fourth-order valence-electron chi connectivity index (χ4n) is 0.160. The SMILES string of the molecule is C[C@H]1O[C@@H]1Cl. The van der Waals surface area contributed by atoms with Gasteiger partial charge in [-0.3, -0.25) is 0 Å². The molecule has 1 heterocycles. The van der Waals surface area contributed by atoms with Crippen molar-refractivity contribution in [3.8, 4) is 0 Å². The highest BCUT2D eigenvalue weighted by atomic mass is 35.5. The lowest BCUT2D eigenvalue weighted by atomic mass is 10.6. The van der Waals surface area contributed by atoms with Crippen molar-refractivity contribution in [2.24, 2.45) is 0 Å². The van der Waals surface area contributed by atoms with Crippen molar-refractivity contribution in [2.75, 3.05) is 0 Å². The number of halogens is 1. The van der Waals surface area contributed by atoms with Crippen LogP contribution in [0.5, 0.6) is 0 Å². The Kier molecular flexibility index (Phi) is 0.588. The largest absolute Gasteiger partial charge is 0.353 e. The third kappa shape index (κ3) is 0.551. The Hall–Kier alpha value is 0.250. The first-order valence-electron chi connectivity index (χ1n) is 1.60. The monoisotopic (exact) mass is 92.0 g/mol. The van der Waals surface area contributed by atoms with Crippen LogP contribution in [0.3, 0.4) is 0 Å². The van der Waals surface area contributed by atoms with Gasteiger partial charge in [0, 0.05) is 0 Å². The molecule has 0 aromatic carbocycles. The van der Waals surface area contributed by atoms with E-state index >= 15 is 0 Å². The van der Waals surface area contributed by atoms with Gasteiger partial charge >= 0.3 is 0 Å². The van der Waals surface area contributed by atoms with Crippen LogP contribution in [0.2, 0.25) is 0 Å². The summed E-state index contributed by atoms with van der Waals surface area (Å²) in [4.78, 5) is 0. The van der Waals surface area contributed by atoms with Crippen LogP contribution in [-0.4, -0.2) is 11.7 Å². The standard InChI is InChI=1S/C3H5ClO/c1-2-3(4)5-2/h2-3H,1H3/t2-,3+/m1/s1. The van der Waals surface area contributed by atoms with Crippen molar-refractivity contribution in [3.63, 3.8) is 0 Å². The first-order valence-corrected chi connectivity index (χ1v) is 2.04. The minimum atomic E-state index is 0.0231. The lowest BCUT2D eigenvalue weighted by Crippen LogP contribution is -1.69. The molecule has 5 heavy (non-hydrogen) atoms. The molecule has 1 aliphatic heterocycles. The highest BCUT2D eigenvalue weighted by Gasteiger charge is 2.30. The molecule has 0 radical (unpaired) electrons. The molecule has 1 rings (SSSR count). The number of epoxide rings is 1. The maximum atomic E-state index is 5.31. The third-order valence-corrected chi connectivity index (χ3v) is 1.09. The van der Waals surface area contributed by atoms with Crippen LogP contribution in [0.15, 0.2) is 0 Å². The van der Waals surface area contributed by atoms with Gasteiger partial charge in [0.25, 0.3) is 0 Å². The Morgan fingerprint density at radius 1 is 1.80 bits per heavy atom. The minimum Gasteiger partial charge on any atom is -0.353 e. The van der Waals surface area contributed by atoms with E-state index < -0.39 is 0 Å². The summed E-state index contributed by atoms with van der Waals surface area (Å²) in [6.45, 7) is 1.94. The third-order valence-electron chi connectivity index (χ3n) is 0.637. The molecule has 1 nitrogen and oxygen atoms in total. The average molecular weight is 92.5 g/mol. The fourth-order valence-corrected chi connectivity index (χ4v) is 0.322. The average Bonchev–Trinajstić information content (AvgIpc) is 1.79. The number of alkyl halides is 1. The summed E-state index contributed by atoms with van der Waals surface area (Å²) in [6.07, 6.45) is 0.316. The summed E-state index contributed by atoms with van der Waals surface area (Å²) >= 11 is 5.31. The van der Waals surface area contributed by atoms with Crippen LogP contribution in [0.25, 0.3) is 0 Å². The second-order valence-electron chi connectivity index (χ2n) is 1.19. The molecule has 0 aromatic rings. The van der Waals surface area contributed by atoms with E-state index in [2.05, 4.69) is 4.74 Å². The summed E-state index contributed by atoms with van der Waals surface area (Å²) in [5.74, 6) is 0. The molecule has 1 saturated heterocycles. The minimum absolute atomic E-state index is 0.0231. The zero-order valence-electron chi connectivity index (χ0n) is 2.94. The van der Waals surface area contributed by atoms with Crippen molar-refractivity contribution in [1.29, 1.82) is 0 Å². The molecule has 0 aromatic heterocycles. The van der Waals surface area contributed by atoms with Gasteiger partial charge in [-0.05, 0) is 6.92 Å². The Morgan fingerprint density at radius 2 is 2.00 bits per heavy atom. The molecule has 1 fully saturated rings. The summed E-state index contributed by atoms with van der Waals surface area (Å²) in [5.41, 5.74) is 0.0231. The van der Waals surface area contributed by atoms with E-state index in [4.69, 9.17) is 11.6 Å². The van der Waals surface area contributed by atoms with Crippen molar-refractivity contribution in [3.05, 3.63) is 0 Å². The molecule has 0 aliphatic carbocycles. The Balaban J connectivity index is 2.20. The van der Waals surface area contributed by atoms with E-state index in [0.717, 1.165) is 0 Å². The first kappa shape index (κ1) is 3.44. The maximum absolute atomic E-state index is 5.31. The maximum Gasteiger partial charge on any atom is 0.157 e. The highest BCUT2D eigenvalue weighted by Crippen LogP contribution is 2.23. The van der Waals surface area contributed by atoms with Gasteiger partial charge in [0.05, 0.1) is 6.10 Å². The van der Waals surface area contributed by atoms with Gasteiger partial charge in [-0.15, -0.1) is 0 Å². The highest BCUT2D eigenvalue weighted by molar-refractivity contribution is 6.21. The van der Waals surface area contributed by atoms with Gasteiger partial charge in [0.15, 0.2) is 5.56 Å². The zero-order valence-corrected chi connectivity index (χ0v) is 3.70. The predicted molar refractivity (Wildman–Crippen MR) is 20.2 cm³/mol. The van der Waals surface area contributed by atoms with Gasteiger partial charge in [0.2, 0.25) is 0 Å². The van der Waals surface area contributed by atoms with Crippen molar-refractivity contribution >= 4 is 11.6 Å². The summed E-state index contributed by atoms with van der Waals surface area (Å²) in [6, 6.07) is 0. The second kappa shape index (κ2) is 0.854. The molecule has 2 heteroatoms. The topological polar surface area (TPSA) is 12.5 Å². The predicted octanol–water partition coefficient (Wildman–Crippen LogP) is 0.970. The van der Waals surface area contributed by atoms with Gasteiger partial charge in [-0.25, -0.2) is 0 Å². The number of rotatable bonds is 0. The van der Waals surface area contributed by atoms with Gasteiger partial charge in [-0.2, -0.15) is 0 Å². The summed E-state index contributed by atoms with van der Waals surface area (Å²) < 4.78 is 4.68. The van der Waals surface area contributed by atoms with Gasteiger partial charge in [0.1, 0.15) is 0 Å². The molecular formula is C3H5ClO. The molecule has 30 valence electrons. The molecule has 0 amide bonds. The molecule has 2 atom stereocenters. The van der Waals surface area contributed by atoms with E-state index in [-0.39, 0.29) is 5.56 Å². The zero-order chi connectivity index (χ0) is 3.86.